The van der Waals surface area contributed by atoms with E-state index in [4.69, 9.17) is 4.74 Å². The lowest BCUT2D eigenvalue weighted by atomic mass is 10.3. The summed E-state index contributed by atoms with van der Waals surface area (Å²) in [4.78, 5) is 29.6. The van der Waals surface area contributed by atoms with E-state index in [0.717, 1.165) is 11.4 Å². The third-order valence-electron chi connectivity index (χ3n) is 4.47. The van der Waals surface area contributed by atoms with E-state index in [9.17, 15) is 9.59 Å². The largest absolute Gasteiger partial charge is 0.383 e. The maximum absolute atomic E-state index is 12.7. The summed E-state index contributed by atoms with van der Waals surface area (Å²) >= 11 is 0. The number of ether oxygens (including phenoxy) is 1. The zero-order valence-electron chi connectivity index (χ0n) is 14.1. The van der Waals surface area contributed by atoms with Crippen molar-refractivity contribution in [3.8, 4) is 0 Å². The van der Waals surface area contributed by atoms with Gasteiger partial charge >= 0.3 is 5.69 Å². The zero-order valence-corrected chi connectivity index (χ0v) is 14.1. The van der Waals surface area contributed by atoms with Crippen LogP contribution < -0.4 is 11.2 Å². The van der Waals surface area contributed by atoms with Crippen LogP contribution in [0.2, 0.25) is 0 Å². The van der Waals surface area contributed by atoms with Crippen LogP contribution >= 0.6 is 0 Å². The molecule has 8 nitrogen and oxygen atoms in total. The fraction of sp³-hybridized carbons (Fsp3) is 0.533. The monoisotopic (exact) mass is 319 g/mol. The van der Waals surface area contributed by atoms with Crippen LogP contribution in [-0.2, 0) is 24.9 Å². The van der Waals surface area contributed by atoms with Gasteiger partial charge in [-0.2, -0.15) is 4.98 Å². The first-order valence-electron chi connectivity index (χ1n) is 7.60. The Labute approximate surface area is 132 Å². The van der Waals surface area contributed by atoms with Crippen molar-refractivity contribution in [2.45, 2.75) is 33.9 Å². The van der Waals surface area contributed by atoms with Crippen LogP contribution in [0.1, 0.15) is 18.3 Å². The first-order chi connectivity index (χ1) is 10.9. The third kappa shape index (κ3) is 1.98. The quantitative estimate of drug-likeness (QED) is 0.699. The summed E-state index contributed by atoms with van der Waals surface area (Å²) in [5.74, 6) is 0.660. The van der Waals surface area contributed by atoms with E-state index in [-0.39, 0.29) is 11.2 Å². The second-order valence-corrected chi connectivity index (χ2v) is 5.63. The lowest BCUT2D eigenvalue weighted by Crippen LogP contribution is -2.38. The van der Waals surface area contributed by atoms with Gasteiger partial charge in [-0.25, -0.2) is 4.79 Å². The highest BCUT2D eigenvalue weighted by Crippen LogP contribution is 2.20. The Bertz CT molecular complexity index is 1020. The van der Waals surface area contributed by atoms with Crippen molar-refractivity contribution < 1.29 is 4.74 Å². The van der Waals surface area contributed by atoms with E-state index in [1.807, 2.05) is 22.8 Å². The summed E-state index contributed by atoms with van der Waals surface area (Å²) < 4.78 is 11.7. The fourth-order valence-corrected chi connectivity index (χ4v) is 3.04. The molecule has 0 aliphatic carbocycles. The topological polar surface area (TPSA) is 75.5 Å². The number of methoxy groups -OCH3 is 1. The molecule has 0 atom stereocenters. The van der Waals surface area contributed by atoms with Crippen molar-refractivity contribution in [2.24, 2.45) is 7.05 Å². The van der Waals surface area contributed by atoms with Crippen molar-refractivity contribution in [1.82, 2.24) is 23.1 Å². The normalized spacial score (nSPS) is 11.9. The lowest BCUT2D eigenvalue weighted by molar-refractivity contribution is 0.187. The Hall–Kier alpha value is -2.35. The summed E-state index contributed by atoms with van der Waals surface area (Å²) in [5, 5.41) is 0. The minimum atomic E-state index is -0.344. The summed E-state index contributed by atoms with van der Waals surface area (Å²) in [6.07, 6.45) is 0. The maximum Gasteiger partial charge on any atom is 0.332 e. The highest BCUT2D eigenvalue weighted by atomic mass is 16.5. The Morgan fingerprint density at radius 2 is 1.83 bits per heavy atom. The van der Waals surface area contributed by atoms with E-state index in [2.05, 4.69) is 4.98 Å². The maximum atomic E-state index is 12.7. The smallest absolute Gasteiger partial charge is 0.332 e. The molecule has 0 bridgehead atoms. The van der Waals surface area contributed by atoms with Crippen LogP contribution in [-0.4, -0.2) is 36.8 Å². The van der Waals surface area contributed by atoms with Crippen LogP contribution in [0.4, 0.5) is 0 Å². The van der Waals surface area contributed by atoms with Crippen LogP contribution in [0.15, 0.2) is 9.59 Å². The number of rotatable bonds is 4. The van der Waals surface area contributed by atoms with Gasteiger partial charge in [-0.15, -0.1) is 0 Å². The predicted molar refractivity (Wildman–Crippen MR) is 87.2 cm³/mol. The Balaban J connectivity index is 2.51. The zero-order chi connectivity index (χ0) is 16.9. The molecule has 0 unspecified atom stereocenters. The van der Waals surface area contributed by atoms with Gasteiger partial charge in [0.25, 0.3) is 5.56 Å². The second-order valence-electron chi connectivity index (χ2n) is 5.63. The number of aromatic nitrogens is 5. The molecule has 0 aliphatic rings. The van der Waals surface area contributed by atoms with Crippen LogP contribution in [0, 0.1) is 13.8 Å². The van der Waals surface area contributed by atoms with Gasteiger partial charge in [-0.1, -0.05) is 0 Å². The molecule has 0 fully saturated rings. The van der Waals surface area contributed by atoms with Gasteiger partial charge in [0.15, 0.2) is 11.2 Å². The average molecular weight is 319 g/mol. The number of hydrogen-bond acceptors (Lipinski definition) is 4. The molecule has 23 heavy (non-hydrogen) atoms. The molecule has 0 aromatic carbocycles. The van der Waals surface area contributed by atoms with Gasteiger partial charge < -0.3 is 9.30 Å². The van der Waals surface area contributed by atoms with Gasteiger partial charge in [0, 0.05) is 38.6 Å². The first kappa shape index (κ1) is 15.5. The van der Waals surface area contributed by atoms with Crippen LogP contribution in [0.5, 0.6) is 0 Å². The van der Waals surface area contributed by atoms with Gasteiger partial charge in [-0.05, 0) is 20.8 Å². The molecule has 8 heteroatoms. The van der Waals surface area contributed by atoms with E-state index < -0.39 is 0 Å². The summed E-state index contributed by atoms with van der Waals surface area (Å²) in [7, 11) is 3.29. The van der Waals surface area contributed by atoms with Gasteiger partial charge in [0.2, 0.25) is 5.78 Å². The number of hydrogen-bond donors (Lipinski definition) is 0. The molecule has 0 saturated carbocycles. The molecule has 3 aromatic heterocycles. The first-order valence-corrected chi connectivity index (χ1v) is 7.60. The van der Waals surface area contributed by atoms with Crippen LogP contribution in [0.3, 0.4) is 0 Å². The molecular weight excluding hydrogens is 298 g/mol. The van der Waals surface area contributed by atoms with Gasteiger partial charge in [0.05, 0.1) is 6.61 Å². The standard InChI is InChI=1S/C15H21N5O3/c1-6-18-13(21)11-12(17(4)15(18)22)16-14-19(7-8-23-5)9(2)10(3)20(11)14/h6-8H2,1-5H3. The minimum absolute atomic E-state index is 0.301. The number of aryl methyl sites for hydroxylation is 2. The van der Waals surface area contributed by atoms with E-state index in [1.165, 1.54) is 9.13 Å². The van der Waals surface area contributed by atoms with Gasteiger partial charge in [0.1, 0.15) is 0 Å². The molecule has 3 rings (SSSR count). The highest BCUT2D eigenvalue weighted by molar-refractivity contribution is 5.76. The number of fused-ring (bicyclic) bond motifs is 3. The van der Waals surface area contributed by atoms with Crippen molar-refractivity contribution in [3.05, 3.63) is 32.2 Å². The lowest BCUT2D eigenvalue weighted by Gasteiger charge is -2.06. The van der Waals surface area contributed by atoms with Crippen LogP contribution in [0.25, 0.3) is 16.9 Å². The molecule has 0 amide bonds. The van der Waals surface area contributed by atoms with Gasteiger partial charge in [-0.3, -0.25) is 18.3 Å². The molecule has 0 aliphatic heterocycles. The molecule has 124 valence electrons. The Kier molecular flexibility index (Phi) is 3.63. The predicted octanol–water partition coefficient (Wildman–Crippen LogP) is 0.433. The Morgan fingerprint density at radius 1 is 1.13 bits per heavy atom. The highest BCUT2D eigenvalue weighted by Gasteiger charge is 2.21. The Morgan fingerprint density at radius 3 is 2.43 bits per heavy atom. The summed E-state index contributed by atoms with van der Waals surface area (Å²) in [5.41, 5.74) is 2.18. The number of nitrogens with zero attached hydrogens (tertiary/aromatic N) is 5. The molecule has 3 heterocycles. The van der Waals surface area contributed by atoms with E-state index in [0.29, 0.717) is 36.6 Å². The van der Waals surface area contributed by atoms with Crippen molar-refractivity contribution in [2.75, 3.05) is 13.7 Å². The minimum Gasteiger partial charge on any atom is -0.383 e. The SMILES string of the molecule is CCn1c(=O)c2c(nc3n(CCOC)c(C)c(C)n23)n(C)c1=O. The molecule has 3 aromatic rings. The second kappa shape index (κ2) is 5.38. The molecule has 0 spiro atoms. The van der Waals surface area contributed by atoms with Crippen molar-refractivity contribution in [3.63, 3.8) is 0 Å². The molecule has 0 saturated heterocycles. The van der Waals surface area contributed by atoms with E-state index >= 15 is 0 Å². The third-order valence-corrected chi connectivity index (χ3v) is 4.47. The summed E-state index contributed by atoms with van der Waals surface area (Å²) in [6, 6.07) is 0. The molecule has 0 radical (unpaired) electrons. The summed E-state index contributed by atoms with van der Waals surface area (Å²) in [6.45, 7) is 7.25. The molecule has 0 N–H and O–H groups in total. The van der Waals surface area contributed by atoms with E-state index in [1.54, 1.807) is 21.1 Å². The van der Waals surface area contributed by atoms with Crippen molar-refractivity contribution >= 4 is 16.9 Å². The molecular formula is C15H21N5O3. The number of imidazole rings is 2. The average Bonchev–Trinajstić information content (AvgIpc) is 3.02. The fourth-order valence-electron chi connectivity index (χ4n) is 3.04. The van der Waals surface area contributed by atoms with Crippen molar-refractivity contribution in [1.29, 1.82) is 0 Å².